The van der Waals surface area contributed by atoms with Crippen molar-refractivity contribution in [3.8, 4) is 0 Å². The molecular formula is C19H27N5O3. The smallest absolute Gasteiger partial charge is 0.330 e. The first-order valence-electron chi connectivity index (χ1n) is 9.47. The zero-order chi connectivity index (χ0) is 19.7. The summed E-state index contributed by atoms with van der Waals surface area (Å²) in [4.78, 5) is 46.9. The third-order valence-electron chi connectivity index (χ3n) is 4.74. The number of pyridine rings is 1. The predicted molar refractivity (Wildman–Crippen MR) is 104 cm³/mol. The molecule has 0 aromatic carbocycles. The monoisotopic (exact) mass is 373 g/mol. The van der Waals surface area contributed by atoms with Gasteiger partial charge in [0.1, 0.15) is 0 Å². The molecule has 146 valence electrons. The molecule has 1 aliphatic rings. The summed E-state index contributed by atoms with van der Waals surface area (Å²) in [6.45, 7) is 11.0. The maximum Gasteiger partial charge on any atom is 0.330 e. The lowest BCUT2D eigenvalue weighted by atomic mass is 10.0. The van der Waals surface area contributed by atoms with Crippen molar-refractivity contribution in [1.82, 2.24) is 24.8 Å². The van der Waals surface area contributed by atoms with E-state index >= 15 is 0 Å². The molecule has 1 aliphatic heterocycles. The first kappa shape index (κ1) is 19.3. The molecule has 0 atom stereocenters. The second-order valence-corrected chi connectivity index (χ2v) is 7.75. The fraction of sp³-hybridized carbons (Fsp3) is 0.579. The van der Waals surface area contributed by atoms with E-state index < -0.39 is 11.2 Å². The van der Waals surface area contributed by atoms with Crippen LogP contribution in [0.2, 0.25) is 0 Å². The van der Waals surface area contributed by atoms with Gasteiger partial charge in [0.2, 0.25) is 0 Å². The van der Waals surface area contributed by atoms with Crippen LogP contribution in [-0.4, -0.2) is 51.5 Å². The van der Waals surface area contributed by atoms with Gasteiger partial charge in [0.15, 0.2) is 5.65 Å². The molecule has 3 heterocycles. The van der Waals surface area contributed by atoms with E-state index in [0.29, 0.717) is 36.5 Å². The van der Waals surface area contributed by atoms with Crippen molar-refractivity contribution in [2.75, 3.05) is 26.2 Å². The lowest BCUT2D eigenvalue weighted by Crippen LogP contribution is -2.46. The molecule has 2 N–H and O–H groups in total. The molecule has 0 radical (unpaired) electrons. The van der Waals surface area contributed by atoms with Crippen LogP contribution in [0.1, 0.15) is 49.7 Å². The molecule has 0 saturated carbocycles. The molecule has 8 nitrogen and oxygen atoms in total. The molecule has 0 aliphatic carbocycles. The highest BCUT2D eigenvalue weighted by Gasteiger charge is 2.25. The SMILES string of the molecule is CC(C)Cn1c(=O)[nH]c(=O)c2c(C(=O)N3CCNCC3)cc(C(C)C)nc21. The number of hydrogen-bond donors (Lipinski definition) is 2. The number of aromatic amines is 1. The van der Waals surface area contributed by atoms with Crippen molar-refractivity contribution in [3.05, 3.63) is 38.2 Å². The average molecular weight is 373 g/mol. The van der Waals surface area contributed by atoms with Gasteiger partial charge in [-0.15, -0.1) is 0 Å². The van der Waals surface area contributed by atoms with Crippen LogP contribution in [0.25, 0.3) is 11.0 Å². The van der Waals surface area contributed by atoms with Crippen molar-refractivity contribution in [2.24, 2.45) is 5.92 Å². The highest BCUT2D eigenvalue weighted by molar-refractivity contribution is 6.05. The molecular weight excluding hydrogens is 346 g/mol. The number of hydrogen-bond acceptors (Lipinski definition) is 5. The van der Waals surface area contributed by atoms with Crippen molar-refractivity contribution in [2.45, 2.75) is 40.2 Å². The van der Waals surface area contributed by atoms with Crippen LogP contribution < -0.4 is 16.6 Å². The Labute approximate surface area is 157 Å². The van der Waals surface area contributed by atoms with E-state index in [1.54, 1.807) is 11.0 Å². The number of carbonyl (C=O) groups excluding carboxylic acids is 1. The van der Waals surface area contributed by atoms with Gasteiger partial charge in [-0.05, 0) is 17.9 Å². The molecule has 2 aromatic rings. The van der Waals surface area contributed by atoms with E-state index in [2.05, 4.69) is 15.3 Å². The standard InChI is InChI=1S/C19H27N5O3/c1-11(2)10-24-16-15(17(25)22-19(24)27)13(9-14(21-16)12(3)4)18(26)23-7-5-20-6-8-23/h9,11-12,20H,5-8,10H2,1-4H3,(H,22,25,27). The number of fused-ring (bicyclic) bond motifs is 1. The van der Waals surface area contributed by atoms with E-state index in [9.17, 15) is 14.4 Å². The fourth-order valence-electron chi connectivity index (χ4n) is 3.33. The molecule has 1 saturated heterocycles. The van der Waals surface area contributed by atoms with Gasteiger partial charge in [-0.3, -0.25) is 19.1 Å². The zero-order valence-corrected chi connectivity index (χ0v) is 16.3. The van der Waals surface area contributed by atoms with E-state index in [1.165, 1.54) is 4.57 Å². The number of H-pyrrole nitrogens is 1. The molecule has 1 fully saturated rings. The van der Waals surface area contributed by atoms with Crippen LogP contribution >= 0.6 is 0 Å². The molecule has 1 amide bonds. The molecule has 0 unspecified atom stereocenters. The van der Waals surface area contributed by atoms with Crippen LogP contribution in [0.5, 0.6) is 0 Å². The first-order valence-corrected chi connectivity index (χ1v) is 9.47. The average Bonchev–Trinajstić information content (AvgIpc) is 2.63. The van der Waals surface area contributed by atoms with Crippen molar-refractivity contribution < 1.29 is 4.79 Å². The van der Waals surface area contributed by atoms with Crippen LogP contribution in [0.3, 0.4) is 0 Å². The lowest BCUT2D eigenvalue weighted by Gasteiger charge is -2.28. The van der Waals surface area contributed by atoms with E-state index in [0.717, 1.165) is 13.1 Å². The van der Waals surface area contributed by atoms with Gasteiger partial charge < -0.3 is 10.2 Å². The normalized spacial score (nSPS) is 15.1. The summed E-state index contributed by atoms with van der Waals surface area (Å²) in [5.41, 5.74) is 0.265. The number of amides is 1. The molecule has 27 heavy (non-hydrogen) atoms. The lowest BCUT2D eigenvalue weighted by molar-refractivity contribution is 0.0737. The maximum atomic E-state index is 13.2. The summed E-state index contributed by atoms with van der Waals surface area (Å²) in [6.07, 6.45) is 0. The Morgan fingerprint density at radius 3 is 2.44 bits per heavy atom. The van der Waals surface area contributed by atoms with Crippen LogP contribution in [-0.2, 0) is 6.54 Å². The van der Waals surface area contributed by atoms with Crippen molar-refractivity contribution in [1.29, 1.82) is 0 Å². The molecule has 3 rings (SSSR count). The molecule has 2 aromatic heterocycles. The second-order valence-electron chi connectivity index (χ2n) is 7.75. The van der Waals surface area contributed by atoms with Crippen molar-refractivity contribution in [3.63, 3.8) is 0 Å². The van der Waals surface area contributed by atoms with Crippen LogP contribution in [0.4, 0.5) is 0 Å². The minimum atomic E-state index is -0.559. The molecule has 0 spiro atoms. The number of rotatable bonds is 4. The highest BCUT2D eigenvalue weighted by atomic mass is 16.2. The largest absolute Gasteiger partial charge is 0.336 e. The van der Waals surface area contributed by atoms with Gasteiger partial charge in [0, 0.05) is 38.4 Å². The highest BCUT2D eigenvalue weighted by Crippen LogP contribution is 2.21. The summed E-state index contributed by atoms with van der Waals surface area (Å²) in [7, 11) is 0. The number of aromatic nitrogens is 3. The number of nitrogens with zero attached hydrogens (tertiary/aromatic N) is 3. The van der Waals surface area contributed by atoms with Crippen LogP contribution in [0, 0.1) is 5.92 Å². The quantitative estimate of drug-likeness (QED) is 0.830. The van der Waals surface area contributed by atoms with Gasteiger partial charge in [0.05, 0.1) is 10.9 Å². The number of nitrogens with one attached hydrogen (secondary N) is 2. The maximum absolute atomic E-state index is 13.2. The third kappa shape index (κ3) is 3.80. The Bertz CT molecular complexity index is 968. The van der Waals surface area contributed by atoms with Gasteiger partial charge >= 0.3 is 5.69 Å². The Kier molecular flexibility index (Phi) is 5.46. The number of piperazine rings is 1. The first-order chi connectivity index (χ1) is 12.8. The van der Waals surface area contributed by atoms with E-state index in [-0.39, 0.29) is 23.1 Å². The summed E-state index contributed by atoms with van der Waals surface area (Å²) in [5, 5.41) is 3.42. The zero-order valence-electron chi connectivity index (χ0n) is 16.3. The summed E-state index contributed by atoms with van der Waals surface area (Å²) in [5.74, 6) is 0.0607. The van der Waals surface area contributed by atoms with E-state index in [4.69, 9.17) is 0 Å². The van der Waals surface area contributed by atoms with Crippen LogP contribution in [0.15, 0.2) is 15.7 Å². The Morgan fingerprint density at radius 2 is 1.85 bits per heavy atom. The summed E-state index contributed by atoms with van der Waals surface area (Å²) in [6, 6.07) is 1.71. The summed E-state index contributed by atoms with van der Waals surface area (Å²) < 4.78 is 1.47. The predicted octanol–water partition coefficient (Wildman–Crippen LogP) is 0.910. The van der Waals surface area contributed by atoms with Gasteiger partial charge in [-0.1, -0.05) is 27.7 Å². The minimum absolute atomic E-state index is 0.0610. The summed E-state index contributed by atoms with van der Waals surface area (Å²) >= 11 is 0. The second kappa shape index (κ2) is 7.64. The topological polar surface area (TPSA) is 100 Å². The minimum Gasteiger partial charge on any atom is -0.336 e. The Morgan fingerprint density at radius 1 is 1.19 bits per heavy atom. The van der Waals surface area contributed by atoms with Crippen molar-refractivity contribution >= 4 is 16.9 Å². The van der Waals surface area contributed by atoms with Gasteiger partial charge in [-0.2, -0.15) is 0 Å². The Hall–Kier alpha value is -2.48. The van der Waals surface area contributed by atoms with Gasteiger partial charge in [0.25, 0.3) is 11.5 Å². The Balaban J connectivity index is 2.30. The molecule has 8 heteroatoms. The number of carbonyl (C=O) groups is 1. The van der Waals surface area contributed by atoms with Gasteiger partial charge in [-0.25, -0.2) is 9.78 Å². The fourth-order valence-corrected chi connectivity index (χ4v) is 3.33. The molecule has 0 bridgehead atoms. The third-order valence-corrected chi connectivity index (χ3v) is 4.74. The van der Waals surface area contributed by atoms with E-state index in [1.807, 2.05) is 27.7 Å².